The van der Waals surface area contributed by atoms with Crippen LogP contribution < -0.4 is 5.73 Å². The average Bonchev–Trinajstić information content (AvgIpc) is 2.86. The first-order valence-electron chi connectivity index (χ1n) is 5.99. The molecular formula is C13H21NS. The highest BCUT2D eigenvalue weighted by Gasteiger charge is 2.39. The van der Waals surface area contributed by atoms with Crippen molar-refractivity contribution in [3.63, 3.8) is 0 Å². The molecule has 2 rings (SSSR count). The third-order valence-corrected chi connectivity index (χ3v) is 5.25. The summed E-state index contributed by atoms with van der Waals surface area (Å²) >= 11 is 1.83. The summed E-state index contributed by atoms with van der Waals surface area (Å²) < 4.78 is 0. The minimum atomic E-state index is 0.269. The molecule has 15 heavy (non-hydrogen) atoms. The molecule has 1 aromatic rings. The van der Waals surface area contributed by atoms with E-state index < -0.39 is 0 Å². The van der Waals surface area contributed by atoms with Crippen molar-refractivity contribution in [2.45, 2.75) is 52.0 Å². The Morgan fingerprint density at radius 3 is 2.60 bits per heavy atom. The standard InChI is InChI=1S/C13H21NS/c1-3-13(7-4-5-8-13)12(14)11-10(2)6-9-15-11/h6,9,12H,3-5,7-8,14H2,1-2H3. The van der Waals surface area contributed by atoms with Crippen LogP contribution in [0.4, 0.5) is 0 Å². The van der Waals surface area contributed by atoms with Crippen molar-refractivity contribution in [3.05, 3.63) is 21.9 Å². The summed E-state index contributed by atoms with van der Waals surface area (Å²) in [5.74, 6) is 0. The zero-order valence-corrected chi connectivity index (χ0v) is 10.6. The van der Waals surface area contributed by atoms with Gasteiger partial charge >= 0.3 is 0 Å². The predicted octanol–water partition coefficient (Wildman–Crippen LogP) is 4.03. The second-order valence-electron chi connectivity index (χ2n) is 4.87. The van der Waals surface area contributed by atoms with Crippen LogP contribution in [0, 0.1) is 12.3 Å². The molecule has 1 atom stereocenters. The van der Waals surface area contributed by atoms with E-state index in [4.69, 9.17) is 5.73 Å². The van der Waals surface area contributed by atoms with Crippen LogP contribution >= 0.6 is 11.3 Å². The SMILES string of the molecule is CCC1(C(N)c2sccc2C)CCCC1. The first kappa shape index (κ1) is 11.2. The maximum absolute atomic E-state index is 6.50. The average molecular weight is 223 g/mol. The molecule has 2 heteroatoms. The molecule has 1 heterocycles. The van der Waals surface area contributed by atoms with Crippen molar-refractivity contribution in [1.29, 1.82) is 0 Å². The molecule has 2 N–H and O–H groups in total. The fourth-order valence-corrected chi connectivity index (χ4v) is 4.01. The number of hydrogen-bond donors (Lipinski definition) is 1. The maximum atomic E-state index is 6.50. The molecule has 1 fully saturated rings. The highest BCUT2D eigenvalue weighted by atomic mass is 32.1. The highest BCUT2D eigenvalue weighted by Crippen LogP contribution is 2.50. The van der Waals surface area contributed by atoms with Crippen molar-refractivity contribution >= 4 is 11.3 Å². The van der Waals surface area contributed by atoms with Gasteiger partial charge in [0.05, 0.1) is 0 Å². The van der Waals surface area contributed by atoms with Crippen molar-refractivity contribution in [3.8, 4) is 0 Å². The van der Waals surface area contributed by atoms with E-state index in [0.29, 0.717) is 5.41 Å². The molecule has 0 bridgehead atoms. The minimum absolute atomic E-state index is 0.269. The molecule has 0 aromatic carbocycles. The fourth-order valence-electron chi connectivity index (χ4n) is 2.94. The van der Waals surface area contributed by atoms with E-state index >= 15 is 0 Å². The van der Waals surface area contributed by atoms with Gasteiger partial charge in [-0.15, -0.1) is 11.3 Å². The second-order valence-corrected chi connectivity index (χ2v) is 5.82. The molecule has 0 spiro atoms. The van der Waals surface area contributed by atoms with Gasteiger partial charge in [-0.25, -0.2) is 0 Å². The molecule has 1 aliphatic carbocycles. The van der Waals surface area contributed by atoms with Crippen LogP contribution in [0.15, 0.2) is 11.4 Å². The normalized spacial score (nSPS) is 21.8. The molecule has 1 saturated carbocycles. The molecule has 0 aliphatic heterocycles. The van der Waals surface area contributed by atoms with Crippen molar-refractivity contribution in [2.24, 2.45) is 11.1 Å². The molecule has 0 saturated heterocycles. The van der Waals surface area contributed by atoms with Crippen LogP contribution in [0.25, 0.3) is 0 Å². The maximum Gasteiger partial charge on any atom is 0.0449 e. The van der Waals surface area contributed by atoms with Crippen LogP contribution in [0.2, 0.25) is 0 Å². The number of hydrogen-bond acceptors (Lipinski definition) is 2. The Morgan fingerprint density at radius 2 is 2.13 bits per heavy atom. The van der Waals surface area contributed by atoms with Gasteiger partial charge in [-0.3, -0.25) is 0 Å². The lowest BCUT2D eigenvalue weighted by Crippen LogP contribution is -2.31. The van der Waals surface area contributed by atoms with Crippen LogP contribution in [-0.2, 0) is 0 Å². The number of nitrogens with two attached hydrogens (primary N) is 1. The molecule has 1 nitrogen and oxygen atoms in total. The lowest BCUT2D eigenvalue weighted by Gasteiger charge is -2.34. The van der Waals surface area contributed by atoms with E-state index in [1.54, 1.807) is 0 Å². The van der Waals surface area contributed by atoms with Gasteiger partial charge in [-0.2, -0.15) is 0 Å². The summed E-state index contributed by atoms with van der Waals surface area (Å²) in [4.78, 5) is 1.42. The van der Waals surface area contributed by atoms with E-state index in [-0.39, 0.29) is 6.04 Å². The Hall–Kier alpha value is -0.340. The highest BCUT2D eigenvalue weighted by molar-refractivity contribution is 7.10. The quantitative estimate of drug-likeness (QED) is 0.822. The largest absolute Gasteiger partial charge is 0.323 e. The summed E-state index contributed by atoms with van der Waals surface area (Å²) in [5, 5.41) is 2.17. The Morgan fingerprint density at radius 1 is 1.47 bits per heavy atom. The van der Waals surface area contributed by atoms with E-state index in [9.17, 15) is 0 Å². The molecule has 0 radical (unpaired) electrons. The monoisotopic (exact) mass is 223 g/mol. The van der Waals surface area contributed by atoms with Gasteiger partial charge in [-0.1, -0.05) is 19.8 Å². The van der Waals surface area contributed by atoms with Gasteiger partial charge in [0.2, 0.25) is 0 Å². The van der Waals surface area contributed by atoms with E-state index in [2.05, 4.69) is 25.3 Å². The van der Waals surface area contributed by atoms with Gasteiger partial charge in [0.15, 0.2) is 0 Å². The molecular weight excluding hydrogens is 202 g/mol. The third kappa shape index (κ3) is 1.85. The van der Waals surface area contributed by atoms with E-state index in [0.717, 1.165) is 0 Å². The number of aryl methyl sites for hydroxylation is 1. The van der Waals surface area contributed by atoms with Crippen LogP contribution in [-0.4, -0.2) is 0 Å². The molecule has 84 valence electrons. The van der Waals surface area contributed by atoms with Gasteiger partial charge in [0.25, 0.3) is 0 Å². The van der Waals surface area contributed by atoms with Gasteiger partial charge < -0.3 is 5.73 Å². The number of thiophene rings is 1. The smallest absolute Gasteiger partial charge is 0.0449 e. The Bertz CT molecular complexity index is 323. The van der Waals surface area contributed by atoms with Crippen LogP contribution in [0.3, 0.4) is 0 Å². The first-order chi connectivity index (χ1) is 7.19. The molecule has 0 amide bonds. The number of rotatable bonds is 3. The van der Waals surface area contributed by atoms with E-state index in [1.165, 1.54) is 42.5 Å². The zero-order valence-electron chi connectivity index (χ0n) is 9.75. The summed E-state index contributed by atoms with van der Waals surface area (Å²) in [6.07, 6.45) is 6.60. The second kappa shape index (κ2) is 4.26. The summed E-state index contributed by atoms with van der Waals surface area (Å²) in [5.41, 5.74) is 8.28. The topological polar surface area (TPSA) is 26.0 Å². The molecule has 1 aliphatic rings. The lowest BCUT2D eigenvalue weighted by atomic mass is 9.75. The van der Waals surface area contributed by atoms with E-state index in [1.807, 2.05) is 11.3 Å². The third-order valence-electron chi connectivity index (χ3n) is 4.15. The lowest BCUT2D eigenvalue weighted by molar-refractivity contribution is 0.224. The predicted molar refractivity (Wildman–Crippen MR) is 67.2 cm³/mol. The fraction of sp³-hybridized carbons (Fsp3) is 0.692. The van der Waals surface area contributed by atoms with Gasteiger partial charge in [0, 0.05) is 10.9 Å². The molecule has 1 aromatic heterocycles. The Kier molecular flexibility index (Phi) is 3.17. The van der Waals surface area contributed by atoms with Crippen molar-refractivity contribution in [2.75, 3.05) is 0 Å². The van der Waals surface area contributed by atoms with Gasteiger partial charge in [0.1, 0.15) is 0 Å². The van der Waals surface area contributed by atoms with Crippen molar-refractivity contribution in [1.82, 2.24) is 0 Å². The first-order valence-corrected chi connectivity index (χ1v) is 6.87. The summed E-state index contributed by atoms with van der Waals surface area (Å²) in [6, 6.07) is 2.46. The zero-order chi connectivity index (χ0) is 10.9. The Balaban J connectivity index is 2.26. The minimum Gasteiger partial charge on any atom is -0.323 e. The van der Waals surface area contributed by atoms with Gasteiger partial charge in [-0.05, 0) is 48.6 Å². The summed E-state index contributed by atoms with van der Waals surface area (Å²) in [7, 11) is 0. The van der Waals surface area contributed by atoms with Crippen LogP contribution in [0.1, 0.15) is 55.5 Å². The molecule has 1 unspecified atom stereocenters. The van der Waals surface area contributed by atoms with Crippen molar-refractivity contribution < 1.29 is 0 Å². The summed E-state index contributed by atoms with van der Waals surface area (Å²) in [6.45, 7) is 4.48. The Labute approximate surface area is 96.7 Å². The van der Waals surface area contributed by atoms with Crippen LogP contribution in [0.5, 0.6) is 0 Å².